The highest BCUT2D eigenvalue weighted by Gasteiger charge is 2.38. The van der Waals surface area contributed by atoms with Gasteiger partial charge >= 0.3 is 12.4 Å². The van der Waals surface area contributed by atoms with Crippen molar-refractivity contribution in [3.8, 4) is 22.8 Å². The van der Waals surface area contributed by atoms with Crippen LogP contribution < -0.4 is 4.68 Å². The molecular weight excluding hydrogens is 524 g/mol. The van der Waals surface area contributed by atoms with Crippen molar-refractivity contribution < 1.29 is 39.8 Å². The number of benzene rings is 2. The van der Waals surface area contributed by atoms with E-state index in [1.807, 2.05) is 0 Å². The van der Waals surface area contributed by atoms with Crippen molar-refractivity contribution in [2.75, 3.05) is 0 Å². The van der Waals surface area contributed by atoms with E-state index in [1.165, 1.54) is 41.6 Å². The maximum absolute atomic E-state index is 14.1. The van der Waals surface area contributed by atoms with Crippen LogP contribution in [0, 0.1) is 11.6 Å². The largest absolute Gasteiger partial charge is 0.417 e. The van der Waals surface area contributed by atoms with Crippen molar-refractivity contribution in [3.05, 3.63) is 89.5 Å². The third kappa shape index (κ3) is 4.88. The van der Waals surface area contributed by atoms with Gasteiger partial charge in [-0.15, -0.1) is 0 Å². The van der Waals surface area contributed by atoms with Crippen molar-refractivity contribution in [1.82, 2.24) is 25.0 Å². The first-order valence-electron chi connectivity index (χ1n) is 10.7. The normalized spacial score (nSPS) is 12.3. The molecule has 14 heteroatoms. The van der Waals surface area contributed by atoms with Gasteiger partial charge in [0.25, 0.3) is 0 Å². The minimum Gasteiger partial charge on any atom is -0.333 e. The molecule has 0 aliphatic carbocycles. The summed E-state index contributed by atoms with van der Waals surface area (Å²) in [6, 6.07) is 4.91. The Labute approximate surface area is 207 Å². The Morgan fingerprint density at radius 1 is 0.842 bits per heavy atom. The molecular formula is C24H13F8N6+. The highest BCUT2D eigenvalue weighted by molar-refractivity contribution is 5.77. The lowest BCUT2D eigenvalue weighted by atomic mass is 10.0. The average molecular weight is 537 g/mol. The molecule has 194 valence electrons. The Morgan fingerprint density at radius 3 is 2.26 bits per heavy atom. The van der Waals surface area contributed by atoms with E-state index in [0.717, 1.165) is 6.07 Å². The van der Waals surface area contributed by atoms with E-state index < -0.39 is 46.5 Å². The molecule has 38 heavy (non-hydrogen) atoms. The van der Waals surface area contributed by atoms with E-state index in [0.29, 0.717) is 28.7 Å². The molecule has 2 aromatic carbocycles. The topological polar surface area (TPSA) is 71.2 Å². The van der Waals surface area contributed by atoms with Crippen molar-refractivity contribution in [2.45, 2.75) is 18.9 Å². The smallest absolute Gasteiger partial charge is 0.333 e. The van der Waals surface area contributed by atoms with E-state index in [-0.39, 0.29) is 24.0 Å². The van der Waals surface area contributed by atoms with Gasteiger partial charge in [-0.1, -0.05) is 10.7 Å². The van der Waals surface area contributed by atoms with Crippen molar-refractivity contribution in [3.63, 3.8) is 0 Å². The molecule has 0 radical (unpaired) electrons. The number of aromatic nitrogens is 6. The predicted octanol–water partition coefficient (Wildman–Crippen LogP) is 5.73. The molecule has 0 unspecified atom stereocenters. The number of hydrogen-bond acceptors (Lipinski definition) is 4. The molecule has 0 amide bonds. The highest BCUT2D eigenvalue weighted by Crippen LogP contribution is 2.40. The Bertz CT molecular complexity index is 1640. The number of nitrogens with zero attached hydrogens (tertiary/aromatic N) is 5. The van der Waals surface area contributed by atoms with Crippen LogP contribution in [0.2, 0.25) is 0 Å². The first-order chi connectivity index (χ1) is 17.9. The first kappa shape index (κ1) is 25.2. The van der Waals surface area contributed by atoms with Crippen LogP contribution in [0.1, 0.15) is 16.7 Å². The fourth-order valence-electron chi connectivity index (χ4n) is 3.72. The molecule has 0 bridgehead atoms. The van der Waals surface area contributed by atoms with Crippen LogP contribution >= 0.6 is 0 Å². The molecule has 0 aliphatic rings. The fourth-order valence-corrected chi connectivity index (χ4v) is 3.72. The molecule has 3 heterocycles. The number of hydrogen-bond donors (Lipinski definition) is 1. The van der Waals surface area contributed by atoms with E-state index in [1.54, 1.807) is 0 Å². The van der Waals surface area contributed by atoms with E-state index in [9.17, 15) is 35.1 Å². The molecule has 0 spiro atoms. The lowest BCUT2D eigenvalue weighted by molar-refractivity contribution is -0.745. The van der Waals surface area contributed by atoms with Gasteiger partial charge in [0.1, 0.15) is 23.1 Å². The molecule has 1 N–H and O–H groups in total. The van der Waals surface area contributed by atoms with Gasteiger partial charge in [0.2, 0.25) is 12.7 Å². The third-order valence-corrected chi connectivity index (χ3v) is 5.52. The number of fused-ring (bicyclic) bond motifs is 1. The standard InChI is InChI=1S/C24H12F8N6/c25-17-3-1-2-15(20(17)26)22-36-18-9-35-38(11-19(18)37-22)10-12-7-33-21(34-8-12)14-5-4-13(23(27,28)29)6-16(14)24(30,31)32/h1-9,11H,10H2/p+1. The molecule has 0 atom stereocenters. The second kappa shape index (κ2) is 9.11. The van der Waals surface area contributed by atoms with Crippen molar-refractivity contribution >= 4 is 11.0 Å². The second-order valence-electron chi connectivity index (χ2n) is 8.13. The molecule has 0 aliphatic heterocycles. The zero-order valence-electron chi connectivity index (χ0n) is 18.7. The number of H-pyrrole nitrogens is 1. The SMILES string of the molecule is Fc1cccc(-c2nc3cn[n+](Cc4cnc(-c5ccc(C(F)(F)F)cc5C(F)(F)F)nc4)cc3[nH]2)c1F. The van der Waals surface area contributed by atoms with Gasteiger partial charge in [0.15, 0.2) is 17.5 Å². The van der Waals surface area contributed by atoms with Crippen LogP contribution in [0.15, 0.2) is 61.2 Å². The lowest BCUT2D eigenvalue weighted by Crippen LogP contribution is -2.38. The lowest BCUT2D eigenvalue weighted by Gasteiger charge is -2.15. The summed E-state index contributed by atoms with van der Waals surface area (Å²) < 4.78 is 108. The van der Waals surface area contributed by atoms with Crippen LogP contribution in [0.5, 0.6) is 0 Å². The van der Waals surface area contributed by atoms with Crippen LogP contribution in [-0.4, -0.2) is 25.0 Å². The third-order valence-electron chi connectivity index (χ3n) is 5.52. The Balaban J connectivity index is 1.41. The quantitative estimate of drug-likeness (QED) is 0.235. The zero-order chi connectivity index (χ0) is 27.2. The maximum Gasteiger partial charge on any atom is 0.417 e. The first-order valence-corrected chi connectivity index (χ1v) is 10.7. The Hall–Kier alpha value is -4.49. The monoisotopic (exact) mass is 537 g/mol. The van der Waals surface area contributed by atoms with E-state index >= 15 is 0 Å². The number of imidazole rings is 1. The van der Waals surface area contributed by atoms with Crippen LogP contribution in [0.3, 0.4) is 0 Å². The van der Waals surface area contributed by atoms with Gasteiger partial charge < -0.3 is 4.98 Å². The minimum atomic E-state index is -5.06. The van der Waals surface area contributed by atoms with Crippen LogP contribution in [0.25, 0.3) is 33.8 Å². The Kier molecular flexibility index (Phi) is 6.04. The number of aromatic amines is 1. The summed E-state index contributed by atoms with van der Waals surface area (Å²) in [5.41, 5.74) is -2.39. The summed E-state index contributed by atoms with van der Waals surface area (Å²) in [5.74, 6) is -2.41. The van der Waals surface area contributed by atoms with Crippen molar-refractivity contribution in [1.29, 1.82) is 0 Å². The minimum absolute atomic E-state index is 0.0238. The van der Waals surface area contributed by atoms with Gasteiger partial charge in [-0.2, -0.15) is 26.3 Å². The van der Waals surface area contributed by atoms with Crippen LogP contribution in [-0.2, 0) is 18.9 Å². The average Bonchev–Trinajstić information content (AvgIpc) is 3.28. The molecule has 5 aromatic rings. The van der Waals surface area contributed by atoms with E-state index in [4.69, 9.17) is 0 Å². The maximum atomic E-state index is 14.1. The predicted molar refractivity (Wildman–Crippen MR) is 116 cm³/mol. The molecule has 0 saturated carbocycles. The molecule has 5 rings (SSSR count). The van der Waals surface area contributed by atoms with Crippen molar-refractivity contribution in [2.24, 2.45) is 0 Å². The van der Waals surface area contributed by atoms with Gasteiger partial charge in [-0.3, -0.25) is 0 Å². The highest BCUT2D eigenvalue weighted by atomic mass is 19.4. The van der Waals surface area contributed by atoms with E-state index in [2.05, 4.69) is 25.0 Å². The van der Waals surface area contributed by atoms with Gasteiger partial charge in [0.05, 0.1) is 22.3 Å². The fraction of sp³-hybridized carbons (Fsp3) is 0.125. The number of alkyl halides is 6. The van der Waals surface area contributed by atoms with Gasteiger partial charge in [0, 0.05) is 18.0 Å². The summed E-state index contributed by atoms with van der Waals surface area (Å²) in [4.78, 5) is 14.9. The molecule has 3 aromatic heterocycles. The molecule has 0 fully saturated rings. The van der Waals surface area contributed by atoms with Crippen LogP contribution in [0.4, 0.5) is 35.1 Å². The molecule has 0 saturated heterocycles. The Morgan fingerprint density at radius 2 is 1.58 bits per heavy atom. The number of halogens is 8. The number of nitrogens with one attached hydrogen (secondary N) is 1. The summed E-state index contributed by atoms with van der Waals surface area (Å²) in [7, 11) is 0. The van der Waals surface area contributed by atoms with Gasteiger partial charge in [-0.25, -0.2) is 23.7 Å². The summed E-state index contributed by atoms with van der Waals surface area (Å²) in [6.45, 7) is 0.0675. The summed E-state index contributed by atoms with van der Waals surface area (Å²) >= 11 is 0. The number of rotatable bonds is 4. The molecule has 6 nitrogen and oxygen atoms in total. The van der Waals surface area contributed by atoms with Gasteiger partial charge in [-0.05, 0) is 35.4 Å². The zero-order valence-corrected chi connectivity index (χ0v) is 18.7. The summed E-state index contributed by atoms with van der Waals surface area (Å²) in [6.07, 6.45) is -4.67. The second-order valence-corrected chi connectivity index (χ2v) is 8.13. The summed E-state index contributed by atoms with van der Waals surface area (Å²) in [5, 5.41) is 4.16.